The SMILES string of the molecule is Cc1c(Cl)ccc2c(=O)cc(CC(=O)O)n(C3CC3)c12. The number of halogens is 1. The van der Waals surface area contributed by atoms with Crippen molar-refractivity contribution in [1.82, 2.24) is 4.57 Å². The number of carboxylic acids is 1. The Labute approximate surface area is 120 Å². The number of aryl methyl sites for hydroxylation is 1. The summed E-state index contributed by atoms with van der Waals surface area (Å²) in [5, 5.41) is 10.2. The van der Waals surface area contributed by atoms with E-state index in [1.165, 1.54) is 6.07 Å². The van der Waals surface area contributed by atoms with Crippen LogP contribution in [-0.2, 0) is 11.2 Å². The van der Waals surface area contributed by atoms with Gasteiger partial charge in [0.2, 0.25) is 0 Å². The molecule has 2 aromatic rings. The van der Waals surface area contributed by atoms with Crippen LogP contribution in [0.1, 0.15) is 30.1 Å². The highest BCUT2D eigenvalue weighted by molar-refractivity contribution is 6.32. The van der Waals surface area contributed by atoms with Gasteiger partial charge in [-0.2, -0.15) is 0 Å². The number of fused-ring (bicyclic) bond motifs is 1. The van der Waals surface area contributed by atoms with Crippen LogP contribution in [0.4, 0.5) is 0 Å². The molecule has 1 saturated carbocycles. The summed E-state index contributed by atoms with van der Waals surface area (Å²) in [6.07, 6.45) is 1.88. The molecule has 1 heterocycles. The number of aliphatic carboxylic acids is 1. The number of benzene rings is 1. The van der Waals surface area contributed by atoms with Crippen LogP contribution < -0.4 is 5.43 Å². The van der Waals surface area contributed by atoms with Crippen LogP contribution in [0.15, 0.2) is 23.0 Å². The molecular formula is C15H14ClNO3. The zero-order chi connectivity index (χ0) is 14.4. The van der Waals surface area contributed by atoms with E-state index in [9.17, 15) is 9.59 Å². The molecule has 3 rings (SSSR count). The predicted molar refractivity (Wildman–Crippen MR) is 77.6 cm³/mol. The summed E-state index contributed by atoms with van der Waals surface area (Å²) in [6.45, 7) is 1.87. The third-order valence-corrected chi connectivity index (χ3v) is 4.13. The quantitative estimate of drug-likeness (QED) is 0.946. The van der Waals surface area contributed by atoms with Crippen molar-refractivity contribution in [1.29, 1.82) is 0 Å². The van der Waals surface area contributed by atoms with Gasteiger partial charge >= 0.3 is 5.97 Å². The largest absolute Gasteiger partial charge is 0.481 e. The molecule has 5 heteroatoms. The Hall–Kier alpha value is -1.81. The second-order valence-electron chi connectivity index (χ2n) is 5.24. The highest BCUT2D eigenvalue weighted by Gasteiger charge is 2.28. The maximum atomic E-state index is 12.2. The highest BCUT2D eigenvalue weighted by Crippen LogP contribution is 2.39. The number of hydrogen-bond donors (Lipinski definition) is 1. The number of carbonyl (C=O) groups is 1. The molecule has 1 fully saturated rings. The monoisotopic (exact) mass is 291 g/mol. The normalized spacial score (nSPS) is 14.7. The van der Waals surface area contributed by atoms with Crippen LogP contribution >= 0.6 is 11.6 Å². The Balaban J connectivity index is 2.41. The number of pyridine rings is 1. The summed E-state index contributed by atoms with van der Waals surface area (Å²) >= 11 is 6.16. The van der Waals surface area contributed by atoms with Gasteiger partial charge in [0.25, 0.3) is 0 Å². The summed E-state index contributed by atoms with van der Waals surface area (Å²) < 4.78 is 1.99. The second kappa shape index (κ2) is 4.63. The zero-order valence-electron chi connectivity index (χ0n) is 11.0. The average molecular weight is 292 g/mol. The van der Waals surface area contributed by atoms with Gasteiger partial charge in [-0.05, 0) is 37.5 Å². The maximum Gasteiger partial charge on any atom is 0.309 e. The Kier molecular flexibility index (Phi) is 3.05. The fourth-order valence-electron chi connectivity index (χ4n) is 2.67. The number of rotatable bonds is 3. The van der Waals surface area contributed by atoms with Crippen molar-refractivity contribution >= 4 is 28.5 Å². The third-order valence-electron chi connectivity index (χ3n) is 3.72. The lowest BCUT2D eigenvalue weighted by atomic mass is 10.1. The summed E-state index contributed by atoms with van der Waals surface area (Å²) in [5.41, 5.74) is 2.03. The van der Waals surface area contributed by atoms with Gasteiger partial charge in [-0.1, -0.05) is 11.6 Å². The van der Waals surface area contributed by atoms with Crippen LogP contribution in [0, 0.1) is 6.92 Å². The van der Waals surface area contributed by atoms with Gasteiger partial charge in [0.1, 0.15) is 0 Å². The van der Waals surface area contributed by atoms with Crippen molar-refractivity contribution in [3.05, 3.63) is 44.7 Å². The molecule has 0 atom stereocenters. The molecule has 20 heavy (non-hydrogen) atoms. The van der Waals surface area contributed by atoms with E-state index in [1.54, 1.807) is 12.1 Å². The molecule has 0 spiro atoms. The maximum absolute atomic E-state index is 12.2. The van der Waals surface area contributed by atoms with Crippen molar-refractivity contribution in [2.45, 2.75) is 32.2 Å². The molecule has 104 valence electrons. The van der Waals surface area contributed by atoms with E-state index >= 15 is 0 Å². The van der Waals surface area contributed by atoms with Crippen molar-refractivity contribution in [2.24, 2.45) is 0 Å². The highest BCUT2D eigenvalue weighted by atomic mass is 35.5. The molecule has 0 bridgehead atoms. The molecular weight excluding hydrogens is 278 g/mol. The standard InChI is InChI=1S/C15H14ClNO3/c1-8-12(16)5-4-11-13(18)6-10(7-14(19)20)17(15(8)11)9-2-3-9/h4-6,9H,2-3,7H2,1H3,(H,19,20). The molecule has 0 radical (unpaired) electrons. The van der Waals surface area contributed by atoms with Crippen LogP contribution in [0.25, 0.3) is 10.9 Å². The van der Waals surface area contributed by atoms with Crippen molar-refractivity contribution in [3.63, 3.8) is 0 Å². The zero-order valence-corrected chi connectivity index (χ0v) is 11.8. The molecule has 1 aromatic carbocycles. The molecule has 1 N–H and O–H groups in total. The van der Waals surface area contributed by atoms with E-state index in [4.69, 9.17) is 16.7 Å². The number of carboxylic acid groups (broad SMARTS) is 1. The van der Waals surface area contributed by atoms with Crippen molar-refractivity contribution in [3.8, 4) is 0 Å². The fourth-order valence-corrected chi connectivity index (χ4v) is 2.82. The van der Waals surface area contributed by atoms with Gasteiger partial charge in [-0.3, -0.25) is 9.59 Å². The van der Waals surface area contributed by atoms with Crippen LogP contribution in [0.3, 0.4) is 0 Å². The topological polar surface area (TPSA) is 59.3 Å². The Morgan fingerprint density at radius 3 is 2.75 bits per heavy atom. The smallest absolute Gasteiger partial charge is 0.309 e. The molecule has 0 aliphatic heterocycles. The summed E-state index contributed by atoms with van der Waals surface area (Å²) in [4.78, 5) is 23.2. The summed E-state index contributed by atoms with van der Waals surface area (Å²) in [6, 6.07) is 5.16. The third kappa shape index (κ3) is 2.10. The minimum atomic E-state index is -0.933. The first-order valence-electron chi connectivity index (χ1n) is 6.54. The van der Waals surface area contributed by atoms with E-state index < -0.39 is 5.97 Å². The first-order valence-corrected chi connectivity index (χ1v) is 6.92. The van der Waals surface area contributed by atoms with Crippen LogP contribution in [0.5, 0.6) is 0 Å². The minimum Gasteiger partial charge on any atom is -0.481 e. The molecule has 1 aliphatic carbocycles. The molecule has 0 saturated heterocycles. The molecule has 0 amide bonds. The predicted octanol–water partition coefficient (Wildman–Crippen LogP) is 2.93. The number of nitrogens with zero attached hydrogens (tertiary/aromatic N) is 1. The van der Waals surface area contributed by atoms with Gasteiger partial charge in [-0.15, -0.1) is 0 Å². The fraction of sp³-hybridized carbons (Fsp3) is 0.333. The Bertz CT molecular complexity index is 775. The molecule has 0 unspecified atom stereocenters. The van der Waals surface area contributed by atoms with Gasteiger partial charge in [-0.25, -0.2) is 0 Å². The van der Waals surface area contributed by atoms with Gasteiger partial charge < -0.3 is 9.67 Å². The van der Waals surface area contributed by atoms with Gasteiger partial charge in [0, 0.05) is 28.2 Å². The van der Waals surface area contributed by atoms with E-state index in [-0.39, 0.29) is 17.9 Å². The first-order chi connectivity index (χ1) is 9.49. The molecule has 1 aliphatic rings. The van der Waals surface area contributed by atoms with E-state index in [2.05, 4.69) is 0 Å². The van der Waals surface area contributed by atoms with E-state index in [1.807, 2.05) is 11.5 Å². The van der Waals surface area contributed by atoms with Crippen LogP contribution in [0.2, 0.25) is 5.02 Å². The van der Waals surface area contributed by atoms with Crippen LogP contribution in [-0.4, -0.2) is 15.6 Å². The average Bonchev–Trinajstić information content (AvgIpc) is 3.18. The number of aromatic nitrogens is 1. The van der Waals surface area contributed by atoms with Gasteiger partial charge in [0.15, 0.2) is 5.43 Å². The van der Waals surface area contributed by atoms with E-state index in [0.29, 0.717) is 16.1 Å². The second-order valence-corrected chi connectivity index (χ2v) is 5.65. The number of hydrogen-bond acceptors (Lipinski definition) is 2. The first kappa shape index (κ1) is 13.2. The molecule has 4 nitrogen and oxygen atoms in total. The Morgan fingerprint density at radius 2 is 2.15 bits per heavy atom. The van der Waals surface area contributed by atoms with Crippen molar-refractivity contribution in [2.75, 3.05) is 0 Å². The van der Waals surface area contributed by atoms with Crippen molar-refractivity contribution < 1.29 is 9.90 Å². The Morgan fingerprint density at radius 1 is 1.45 bits per heavy atom. The lowest BCUT2D eigenvalue weighted by molar-refractivity contribution is -0.136. The minimum absolute atomic E-state index is 0.145. The van der Waals surface area contributed by atoms with Gasteiger partial charge in [0.05, 0.1) is 11.9 Å². The van der Waals surface area contributed by atoms with E-state index in [0.717, 1.165) is 23.9 Å². The lowest BCUT2D eigenvalue weighted by Crippen LogP contribution is -2.17. The lowest BCUT2D eigenvalue weighted by Gasteiger charge is -2.17. The summed E-state index contributed by atoms with van der Waals surface area (Å²) in [7, 11) is 0. The molecule has 1 aromatic heterocycles. The summed E-state index contributed by atoms with van der Waals surface area (Å²) in [5.74, 6) is -0.933.